The fourth-order valence-electron chi connectivity index (χ4n) is 0.443. The van der Waals surface area contributed by atoms with Crippen LogP contribution >= 0.6 is 0 Å². The van der Waals surface area contributed by atoms with Gasteiger partial charge in [-0.05, 0) is 0 Å². The minimum Gasteiger partial charge on any atom is -0.205 e. The molecule has 0 saturated heterocycles. The first-order valence-corrected chi connectivity index (χ1v) is 4.86. The molecule has 0 saturated carbocycles. The normalized spacial score (nSPS) is 15.1. The van der Waals surface area contributed by atoms with E-state index >= 15 is 0 Å². The van der Waals surface area contributed by atoms with Crippen LogP contribution in [0.5, 0.6) is 0 Å². The van der Waals surface area contributed by atoms with Crippen LogP contribution in [0, 0.1) is 0 Å². The summed E-state index contributed by atoms with van der Waals surface area (Å²) in [6, 6.07) is -6.47. The summed E-state index contributed by atoms with van der Waals surface area (Å²) < 4.78 is 137. The molecule has 0 spiro atoms. The molecule has 15 heteroatoms. The summed E-state index contributed by atoms with van der Waals surface area (Å²) in [6.45, 7) is 0. The molecular formula is C4HF10LiNO2S. The third kappa shape index (κ3) is 4.13. The summed E-state index contributed by atoms with van der Waals surface area (Å²) in [4.78, 5) is 0. The van der Waals surface area contributed by atoms with E-state index in [1.54, 1.807) is 0 Å². The van der Waals surface area contributed by atoms with Crippen molar-refractivity contribution < 1.29 is 52.3 Å². The Hall–Kier alpha value is -0.193. The number of nitrogens with one attached hydrogen (secondary N) is 1. The van der Waals surface area contributed by atoms with Gasteiger partial charge in [0, 0.05) is 18.9 Å². The second kappa shape index (κ2) is 5.30. The summed E-state index contributed by atoms with van der Waals surface area (Å²) in [6.07, 6.45) is -13.5. The van der Waals surface area contributed by atoms with Crippen molar-refractivity contribution in [2.75, 3.05) is 0 Å². The van der Waals surface area contributed by atoms with Crippen molar-refractivity contribution in [2.24, 2.45) is 0 Å². The van der Waals surface area contributed by atoms with E-state index in [4.69, 9.17) is 0 Å². The zero-order valence-corrected chi connectivity index (χ0v) is 9.32. The van der Waals surface area contributed by atoms with E-state index in [9.17, 15) is 52.3 Å². The maximum Gasteiger partial charge on any atom is 0.470 e. The minimum atomic E-state index is -7.34. The SMILES string of the molecule is O=S(=O)(NC(F)(F)C(F)(F)F)C(F)(F)C(F)(F)F.[Li]. The molecule has 19 heavy (non-hydrogen) atoms. The maximum absolute atomic E-state index is 12.2. The standard InChI is InChI=1S/C4HF10NO2S.Li/c5-1(6,7)3(11,12)15-18(16,17)4(13,14)2(8,9)10;/h15H;. The van der Waals surface area contributed by atoms with Crippen LogP contribution in [0.25, 0.3) is 0 Å². The van der Waals surface area contributed by atoms with E-state index in [1.165, 1.54) is 0 Å². The summed E-state index contributed by atoms with van der Waals surface area (Å²) in [5.41, 5.74) is 0. The van der Waals surface area contributed by atoms with Crippen LogP contribution in [0.1, 0.15) is 0 Å². The van der Waals surface area contributed by atoms with Crippen molar-refractivity contribution in [2.45, 2.75) is 23.7 Å². The number of hydrogen-bond donors (Lipinski definition) is 1. The third-order valence-corrected chi connectivity index (χ3v) is 2.72. The molecule has 1 radical (unpaired) electrons. The fourth-order valence-corrected chi connectivity index (χ4v) is 1.33. The molecule has 0 fully saturated rings. The molecule has 0 aliphatic carbocycles. The predicted molar refractivity (Wildman–Crippen MR) is 39.8 cm³/mol. The average molecular weight is 324 g/mol. The number of hydrogen-bond acceptors (Lipinski definition) is 2. The zero-order chi connectivity index (χ0) is 15.2. The fraction of sp³-hybridized carbons (Fsp3) is 1.00. The van der Waals surface area contributed by atoms with Crippen molar-refractivity contribution in [3.63, 3.8) is 0 Å². The van der Waals surface area contributed by atoms with Crippen molar-refractivity contribution in [3.05, 3.63) is 0 Å². The number of halogens is 10. The monoisotopic (exact) mass is 324 g/mol. The molecular weight excluding hydrogens is 323 g/mol. The van der Waals surface area contributed by atoms with Crippen LogP contribution in [0.15, 0.2) is 0 Å². The molecule has 0 amide bonds. The average Bonchev–Trinajstić information content (AvgIpc) is 1.96. The van der Waals surface area contributed by atoms with E-state index < -0.39 is 38.4 Å². The molecule has 0 rings (SSSR count). The van der Waals surface area contributed by atoms with Crippen molar-refractivity contribution in [1.82, 2.24) is 4.72 Å². The molecule has 0 atom stereocenters. The molecule has 0 aliphatic rings. The van der Waals surface area contributed by atoms with Crippen molar-refractivity contribution in [1.29, 1.82) is 0 Å². The molecule has 0 aromatic heterocycles. The molecule has 1 N–H and O–H groups in total. The second-order valence-electron chi connectivity index (χ2n) is 2.69. The number of alkyl halides is 10. The van der Waals surface area contributed by atoms with E-state index in [2.05, 4.69) is 0 Å². The second-order valence-corrected chi connectivity index (χ2v) is 4.42. The Morgan fingerprint density at radius 2 is 1.00 bits per heavy atom. The minimum absolute atomic E-state index is 0. The van der Waals surface area contributed by atoms with Crippen LogP contribution in [0.3, 0.4) is 0 Å². The topological polar surface area (TPSA) is 46.2 Å². The van der Waals surface area contributed by atoms with Crippen molar-refractivity contribution >= 4 is 28.9 Å². The Kier molecular flexibility index (Phi) is 5.89. The van der Waals surface area contributed by atoms with Gasteiger partial charge in [0.05, 0.1) is 0 Å². The molecule has 0 unspecified atom stereocenters. The van der Waals surface area contributed by atoms with Gasteiger partial charge in [0.2, 0.25) is 0 Å². The molecule has 111 valence electrons. The summed E-state index contributed by atoms with van der Waals surface area (Å²) >= 11 is 0. The van der Waals surface area contributed by atoms with Gasteiger partial charge >= 0.3 is 23.7 Å². The van der Waals surface area contributed by atoms with E-state index in [0.717, 1.165) is 0 Å². The van der Waals surface area contributed by atoms with Gasteiger partial charge in [0.25, 0.3) is 10.0 Å². The van der Waals surface area contributed by atoms with Gasteiger partial charge in [0.1, 0.15) is 0 Å². The first-order chi connectivity index (χ1) is 7.46. The third-order valence-electron chi connectivity index (χ3n) is 1.29. The van der Waals surface area contributed by atoms with Crippen molar-refractivity contribution in [3.8, 4) is 0 Å². The predicted octanol–water partition coefficient (Wildman–Crippen LogP) is 1.84. The number of rotatable bonds is 3. The van der Waals surface area contributed by atoms with E-state index in [-0.39, 0.29) is 18.9 Å². The van der Waals surface area contributed by atoms with Crippen LogP contribution in [-0.4, -0.2) is 50.9 Å². The molecule has 0 bridgehead atoms. The Morgan fingerprint density at radius 1 is 0.684 bits per heavy atom. The van der Waals surface area contributed by atoms with Gasteiger partial charge in [0.15, 0.2) is 0 Å². The van der Waals surface area contributed by atoms with Crippen LogP contribution in [0.4, 0.5) is 43.9 Å². The van der Waals surface area contributed by atoms with E-state index in [0.29, 0.717) is 0 Å². The first kappa shape index (κ1) is 21.1. The van der Waals surface area contributed by atoms with E-state index in [1.807, 2.05) is 0 Å². The Labute approximate surface area is 110 Å². The Morgan fingerprint density at radius 3 is 1.21 bits per heavy atom. The zero-order valence-electron chi connectivity index (χ0n) is 8.50. The molecule has 0 heterocycles. The molecule has 0 aromatic carbocycles. The van der Waals surface area contributed by atoms with Gasteiger partial charge < -0.3 is 0 Å². The quantitative estimate of drug-likeness (QED) is 0.489. The Balaban J connectivity index is 0. The first-order valence-electron chi connectivity index (χ1n) is 3.38. The smallest absolute Gasteiger partial charge is 0.205 e. The number of sulfonamides is 1. The van der Waals surface area contributed by atoms with Crippen LogP contribution in [-0.2, 0) is 10.0 Å². The summed E-state index contributed by atoms with van der Waals surface area (Å²) in [7, 11) is -7.34. The maximum atomic E-state index is 12.2. The molecule has 0 aliphatic heterocycles. The van der Waals surface area contributed by atoms with Gasteiger partial charge in [-0.1, -0.05) is 0 Å². The van der Waals surface area contributed by atoms with Gasteiger partial charge in [-0.15, -0.1) is 4.72 Å². The van der Waals surface area contributed by atoms with Crippen LogP contribution < -0.4 is 4.72 Å². The van der Waals surface area contributed by atoms with Gasteiger partial charge in [-0.3, -0.25) is 0 Å². The van der Waals surface area contributed by atoms with Gasteiger partial charge in [-0.25, -0.2) is 8.42 Å². The summed E-state index contributed by atoms with van der Waals surface area (Å²) in [5, 5.41) is -6.81. The van der Waals surface area contributed by atoms with Gasteiger partial charge in [-0.2, -0.15) is 43.9 Å². The summed E-state index contributed by atoms with van der Waals surface area (Å²) in [5.74, 6) is 0. The van der Waals surface area contributed by atoms with Crippen LogP contribution in [0.2, 0.25) is 0 Å². The molecule has 0 aromatic rings. The Bertz CT molecular complexity index is 410. The molecule has 3 nitrogen and oxygen atoms in total. The largest absolute Gasteiger partial charge is 0.470 e.